The molecule has 0 spiro atoms. The van der Waals surface area contributed by atoms with Crippen LogP contribution in [0.1, 0.15) is 29.3 Å². The largest absolute Gasteiger partial charge is 0.449 e. The molecule has 0 fully saturated rings. The SMILES string of the molecule is C[C@@H](OC(=O)c1ccc(F)cc1)c1nnc(-c2cccs2)o1. The molecule has 0 bridgehead atoms. The third kappa shape index (κ3) is 3.04. The molecule has 1 aromatic carbocycles. The van der Waals surface area contributed by atoms with Gasteiger partial charge in [-0.1, -0.05) is 6.07 Å². The Hall–Kier alpha value is -2.54. The van der Waals surface area contributed by atoms with E-state index in [9.17, 15) is 9.18 Å². The van der Waals surface area contributed by atoms with Gasteiger partial charge in [0, 0.05) is 0 Å². The maximum absolute atomic E-state index is 12.8. The van der Waals surface area contributed by atoms with Crippen molar-refractivity contribution in [2.45, 2.75) is 13.0 Å². The Balaban J connectivity index is 1.70. The molecule has 1 atom stereocenters. The first-order valence-corrected chi connectivity index (χ1v) is 7.35. The smallest absolute Gasteiger partial charge is 0.338 e. The van der Waals surface area contributed by atoms with E-state index in [2.05, 4.69) is 10.2 Å². The number of rotatable bonds is 4. The summed E-state index contributed by atoms with van der Waals surface area (Å²) in [6, 6.07) is 8.84. The van der Waals surface area contributed by atoms with Crippen LogP contribution < -0.4 is 0 Å². The lowest BCUT2D eigenvalue weighted by molar-refractivity contribution is 0.0280. The molecule has 2 heterocycles. The fraction of sp³-hybridized carbons (Fsp3) is 0.133. The molecule has 0 N–H and O–H groups in total. The standard InChI is InChI=1S/C15H11FN2O3S/c1-9(20-15(19)10-4-6-11(16)7-5-10)13-17-18-14(21-13)12-3-2-8-22-12/h2-9H,1H3/t9-/m1/s1. The number of thiophene rings is 1. The van der Waals surface area contributed by atoms with Gasteiger partial charge < -0.3 is 9.15 Å². The minimum absolute atomic E-state index is 0.207. The second-order valence-electron chi connectivity index (χ2n) is 4.48. The topological polar surface area (TPSA) is 65.2 Å². The summed E-state index contributed by atoms with van der Waals surface area (Å²) in [5.41, 5.74) is 0.256. The van der Waals surface area contributed by atoms with E-state index in [1.54, 1.807) is 6.92 Å². The number of aromatic nitrogens is 2. The molecule has 0 radical (unpaired) electrons. The Kier molecular flexibility index (Phi) is 3.97. The van der Waals surface area contributed by atoms with Crippen molar-refractivity contribution < 1.29 is 18.3 Å². The Morgan fingerprint density at radius 2 is 2.05 bits per heavy atom. The third-order valence-electron chi connectivity index (χ3n) is 2.88. The monoisotopic (exact) mass is 318 g/mol. The second-order valence-corrected chi connectivity index (χ2v) is 5.42. The van der Waals surface area contributed by atoms with Gasteiger partial charge in [0.25, 0.3) is 11.8 Å². The zero-order valence-corrected chi connectivity index (χ0v) is 12.3. The minimum atomic E-state index is -0.696. The van der Waals surface area contributed by atoms with Crippen molar-refractivity contribution in [3.63, 3.8) is 0 Å². The van der Waals surface area contributed by atoms with Gasteiger partial charge in [-0.2, -0.15) is 0 Å². The molecular formula is C15H11FN2O3S. The van der Waals surface area contributed by atoms with Crippen molar-refractivity contribution in [1.29, 1.82) is 0 Å². The van der Waals surface area contributed by atoms with Crippen LogP contribution in [0.5, 0.6) is 0 Å². The van der Waals surface area contributed by atoms with Crippen molar-refractivity contribution in [2.24, 2.45) is 0 Å². The van der Waals surface area contributed by atoms with E-state index in [4.69, 9.17) is 9.15 Å². The summed E-state index contributed by atoms with van der Waals surface area (Å²) in [6.07, 6.45) is -0.696. The number of benzene rings is 1. The molecule has 3 rings (SSSR count). The molecule has 2 aromatic heterocycles. The highest BCUT2D eigenvalue weighted by atomic mass is 32.1. The number of nitrogens with zero attached hydrogens (tertiary/aromatic N) is 2. The molecule has 0 aliphatic heterocycles. The van der Waals surface area contributed by atoms with Gasteiger partial charge in [0.2, 0.25) is 0 Å². The summed E-state index contributed by atoms with van der Waals surface area (Å²) in [4.78, 5) is 12.8. The predicted octanol–water partition coefficient (Wildman–Crippen LogP) is 3.86. The maximum Gasteiger partial charge on any atom is 0.338 e. The number of halogens is 1. The minimum Gasteiger partial charge on any atom is -0.449 e. The number of esters is 1. The summed E-state index contributed by atoms with van der Waals surface area (Å²) >= 11 is 1.47. The van der Waals surface area contributed by atoms with E-state index in [0.29, 0.717) is 5.89 Å². The highest BCUT2D eigenvalue weighted by Crippen LogP contribution is 2.26. The molecule has 0 saturated carbocycles. The van der Waals surface area contributed by atoms with Crippen LogP contribution in [0, 0.1) is 5.82 Å². The molecule has 0 saturated heterocycles. The molecule has 0 aliphatic carbocycles. The van der Waals surface area contributed by atoms with Crippen LogP contribution in [0.15, 0.2) is 46.2 Å². The molecule has 0 amide bonds. The first-order chi connectivity index (χ1) is 10.6. The van der Waals surface area contributed by atoms with Crippen molar-refractivity contribution in [3.05, 3.63) is 59.0 Å². The van der Waals surface area contributed by atoms with Gasteiger partial charge in [0.05, 0.1) is 10.4 Å². The van der Waals surface area contributed by atoms with Crippen molar-refractivity contribution in [1.82, 2.24) is 10.2 Å². The Morgan fingerprint density at radius 1 is 1.27 bits per heavy atom. The van der Waals surface area contributed by atoms with Crippen LogP contribution in [-0.2, 0) is 4.74 Å². The van der Waals surface area contributed by atoms with Gasteiger partial charge in [-0.3, -0.25) is 0 Å². The Labute approximate surface area is 129 Å². The van der Waals surface area contributed by atoms with E-state index in [1.165, 1.54) is 35.6 Å². The van der Waals surface area contributed by atoms with Crippen LogP contribution in [0.4, 0.5) is 4.39 Å². The zero-order chi connectivity index (χ0) is 15.5. The average Bonchev–Trinajstić information content (AvgIpc) is 3.19. The van der Waals surface area contributed by atoms with Gasteiger partial charge >= 0.3 is 5.97 Å². The van der Waals surface area contributed by atoms with Gasteiger partial charge in [0.15, 0.2) is 6.10 Å². The van der Waals surface area contributed by atoms with E-state index in [1.807, 2.05) is 17.5 Å². The van der Waals surface area contributed by atoms with Crippen molar-refractivity contribution in [3.8, 4) is 10.8 Å². The number of hydrogen-bond acceptors (Lipinski definition) is 6. The fourth-order valence-electron chi connectivity index (χ4n) is 1.76. The molecule has 7 heteroatoms. The summed E-state index contributed by atoms with van der Waals surface area (Å²) in [7, 11) is 0. The number of ether oxygens (including phenoxy) is 1. The maximum atomic E-state index is 12.8. The number of carbonyl (C=O) groups excluding carboxylic acids is 1. The van der Waals surface area contributed by atoms with Crippen LogP contribution in [0.2, 0.25) is 0 Å². The zero-order valence-electron chi connectivity index (χ0n) is 11.5. The van der Waals surface area contributed by atoms with Crippen LogP contribution >= 0.6 is 11.3 Å². The predicted molar refractivity (Wildman–Crippen MR) is 77.8 cm³/mol. The van der Waals surface area contributed by atoms with Crippen molar-refractivity contribution in [2.75, 3.05) is 0 Å². The average molecular weight is 318 g/mol. The first kappa shape index (κ1) is 14.4. The van der Waals surface area contributed by atoms with Gasteiger partial charge in [-0.15, -0.1) is 21.5 Å². The Morgan fingerprint density at radius 3 is 2.73 bits per heavy atom. The van der Waals surface area contributed by atoms with Gasteiger partial charge in [-0.05, 0) is 42.6 Å². The number of carbonyl (C=O) groups is 1. The van der Waals surface area contributed by atoms with E-state index in [0.717, 1.165) is 4.88 Å². The van der Waals surface area contributed by atoms with E-state index in [-0.39, 0.29) is 11.5 Å². The molecule has 0 unspecified atom stereocenters. The lowest BCUT2D eigenvalue weighted by Crippen LogP contribution is -2.09. The molecule has 0 aliphatic rings. The lowest BCUT2D eigenvalue weighted by Gasteiger charge is -2.09. The lowest BCUT2D eigenvalue weighted by atomic mass is 10.2. The quantitative estimate of drug-likeness (QED) is 0.684. The summed E-state index contributed by atoms with van der Waals surface area (Å²) in [5.74, 6) is -0.404. The summed E-state index contributed by atoms with van der Waals surface area (Å²) in [5, 5.41) is 9.71. The highest BCUT2D eigenvalue weighted by Gasteiger charge is 2.20. The Bertz CT molecular complexity index is 768. The van der Waals surface area contributed by atoms with Gasteiger partial charge in [-0.25, -0.2) is 9.18 Å². The van der Waals surface area contributed by atoms with Crippen LogP contribution in [-0.4, -0.2) is 16.2 Å². The molecular weight excluding hydrogens is 307 g/mol. The summed E-state index contributed by atoms with van der Waals surface area (Å²) < 4.78 is 23.6. The molecule has 112 valence electrons. The van der Waals surface area contributed by atoms with E-state index < -0.39 is 17.9 Å². The molecule has 22 heavy (non-hydrogen) atoms. The van der Waals surface area contributed by atoms with Crippen molar-refractivity contribution >= 4 is 17.3 Å². The first-order valence-electron chi connectivity index (χ1n) is 6.47. The normalized spacial score (nSPS) is 12.1. The summed E-state index contributed by atoms with van der Waals surface area (Å²) in [6.45, 7) is 1.63. The molecule has 5 nitrogen and oxygen atoms in total. The highest BCUT2D eigenvalue weighted by molar-refractivity contribution is 7.13. The third-order valence-corrected chi connectivity index (χ3v) is 3.74. The van der Waals surface area contributed by atoms with Crippen LogP contribution in [0.3, 0.4) is 0 Å². The second kappa shape index (κ2) is 6.07. The van der Waals surface area contributed by atoms with Crippen LogP contribution in [0.25, 0.3) is 10.8 Å². The van der Waals surface area contributed by atoms with E-state index >= 15 is 0 Å². The van der Waals surface area contributed by atoms with Gasteiger partial charge in [0.1, 0.15) is 5.82 Å². The number of hydrogen-bond donors (Lipinski definition) is 0. The molecule has 3 aromatic rings. The fourth-order valence-corrected chi connectivity index (χ4v) is 2.41.